The second-order valence-corrected chi connectivity index (χ2v) is 18.9. The minimum absolute atomic E-state index is 0.000685. The van der Waals surface area contributed by atoms with Crippen molar-refractivity contribution in [3.63, 3.8) is 0 Å². The molecule has 1 saturated heterocycles. The number of rotatable bonds is 28. The fraction of sp³-hybridized carbons (Fsp3) is 0.490. The van der Waals surface area contributed by atoms with Crippen LogP contribution in [-0.4, -0.2) is 146 Å². The Morgan fingerprint density at radius 1 is 0.730 bits per heavy atom. The predicted octanol–water partition coefficient (Wildman–Crippen LogP) is -3.02. The largest absolute Gasteiger partial charge is 0.508 e. The molecule has 74 heavy (non-hydrogen) atoms. The summed E-state index contributed by atoms with van der Waals surface area (Å²) in [6.45, 7) is 6.81. The van der Waals surface area contributed by atoms with E-state index in [1.807, 2.05) is 0 Å². The van der Waals surface area contributed by atoms with E-state index >= 15 is 0 Å². The van der Waals surface area contributed by atoms with E-state index in [9.17, 15) is 53.4 Å². The molecule has 1 aliphatic heterocycles. The minimum Gasteiger partial charge on any atom is -0.508 e. The second kappa shape index (κ2) is 28.2. The number of hydrogen-bond donors (Lipinski definition) is 13. The number of aliphatic imine (C=N–C) groups is 1. The highest BCUT2D eigenvalue weighted by Gasteiger charge is 2.41. The number of carbonyl (C=O) groups is 9. The van der Waals surface area contributed by atoms with Crippen LogP contribution in [0.5, 0.6) is 5.75 Å². The van der Waals surface area contributed by atoms with Crippen molar-refractivity contribution in [1.82, 2.24) is 46.8 Å². The zero-order chi connectivity index (χ0) is 54.6. The lowest BCUT2D eigenvalue weighted by Gasteiger charge is -2.31. The van der Waals surface area contributed by atoms with Gasteiger partial charge in [-0.3, -0.25) is 43.3 Å². The molecule has 2 aromatic carbocycles. The van der Waals surface area contributed by atoms with Crippen LogP contribution in [-0.2, 0) is 62.4 Å². The molecule has 0 radical (unpaired) electrons. The van der Waals surface area contributed by atoms with Gasteiger partial charge in [-0.15, -0.1) is 0 Å². The summed E-state index contributed by atoms with van der Waals surface area (Å²) in [4.78, 5) is 134. The molecule has 1 aliphatic rings. The zero-order valence-electron chi connectivity index (χ0n) is 42.0. The van der Waals surface area contributed by atoms with Crippen molar-refractivity contribution in [2.45, 2.75) is 127 Å². The van der Waals surface area contributed by atoms with Gasteiger partial charge in [0, 0.05) is 44.2 Å². The summed E-state index contributed by atoms with van der Waals surface area (Å²) in [6.07, 6.45) is 3.04. The van der Waals surface area contributed by atoms with Crippen LogP contribution >= 0.6 is 0 Å². The smallest absolute Gasteiger partial charge is 0.326 e. The molecule has 2 heterocycles. The maximum Gasteiger partial charge on any atom is 0.326 e. The molecule has 25 nitrogen and oxygen atoms in total. The predicted molar refractivity (Wildman–Crippen MR) is 268 cm³/mol. The number of aromatic hydroxyl groups is 1. The van der Waals surface area contributed by atoms with Gasteiger partial charge in [0.2, 0.25) is 41.4 Å². The van der Waals surface area contributed by atoms with Gasteiger partial charge in [-0.05, 0) is 60.8 Å². The van der Waals surface area contributed by atoms with Crippen LogP contribution in [0.2, 0.25) is 0 Å². The SMILES string of the molecule is CC(C)[C@H](NC(=O)[C@H](CCCN=C(N)N)NC(=O)[C@@H]([NH3+])CC(N)=O)C(=O)N[C@@H](Cc1ccc(O)cc1)C(=O)N[C@H](C(=O)N[C@@H](Cc1cnc[nH]1)C(=O)N1CCC[C@H]1C(=O)N[C@@H](Cc1ccccc1)C(=O)O)C(C)C. The van der Waals surface area contributed by atoms with Crippen molar-refractivity contribution in [3.05, 3.63) is 83.9 Å². The number of aliphatic carboxylic acids is 1. The molecule has 1 fully saturated rings. The number of nitrogens with zero attached hydrogens (tertiary/aromatic N) is 3. The first-order chi connectivity index (χ1) is 35.0. The Labute approximate surface area is 428 Å². The molecule has 0 spiro atoms. The van der Waals surface area contributed by atoms with E-state index in [0.717, 1.165) is 0 Å². The van der Waals surface area contributed by atoms with Crippen LogP contribution in [0.3, 0.4) is 0 Å². The number of phenolic OH excluding ortho intramolecular Hbond substituents is 1. The van der Waals surface area contributed by atoms with Crippen LogP contribution in [0.1, 0.15) is 76.6 Å². The molecule has 25 heteroatoms. The monoisotopic (exact) mass is 1030 g/mol. The Morgan fingerprint density at radius 3 is 1.85 bits per heavy atom. The quantitative estimate of drug-likeness (QED) is 0.0196. The van der Waals surface area contributed by atoms with Crippen molar-refractivity contribution in [1.29, 1.82) is 0 Å². The summed E-state index contributed by atoms with van der Waals surface area (Å²) < 4.78 is 0. The number of carbonyl (C=O) groups excluding carboxylic acids is 8. The lowest BCUT2D eigenvalue weighted by Crippen LogP contribution is -2.70. The third-order valence-corrected chi connectivity index (χ3v) is 12.2. The van der Waals surface area contributed by atoms with Gasteiger partial charge >= 0.3 is 5.97 Å². The van der Waals surface area contributed by atoms with Crippen molar-refractivity contribution in [3.8, 4) is 5.75 Å². The van der Waals surface area contributed by atoms with Gasteiger partial charge in [0.25, 0.3) is 5.91 Å². The Balaban J connectivity index is 1.57. The number of carboxylic acids is 1. The molecule has 0 aliphatic carbocycles. The van der Waals surface area contributed by atoms with Gasteiger partial charge in [-0.1, -0.05) is 70.2 Å². The molecule has 8 amide bonds. The lowest BCUT2D eigenvalue weighted by molar-refractivity contribution is -0.402. The maximum absolute atomic E-state index is 14.5. The molecule has 0 unspecified atom stereocenters. The normalized spacial score (nSPS) is 16.0. The summed E-state index contributed by atoms with van der Waals surface area (Å²) in [5.41, 5.74) is 21.4. The number of aromatic nitrogens is 2. The number of imidazole rings is 1. The van der Waals surface area contributed by atoms with E-state index < -0.39 is 120 Å². The highest BCUT2D eigenvalue weighted by Crippen LogP contribution is 2.21. The highest BCUT2D eigenvalue weighted by atomic mass is 16.4. The number of hydrogen-bond acceptors (Lipinski definition) is 12. The maximum atomic E-state index is 14.5. The first-order valence-electron chi connectivity index (χ1n) is 24.4. The molecule has 0 saturated carbocycles. The van der Waals surface area contributed by atoms with Crippen LogP contribution in [0.4, 0.5) is 0 Å². The number of guanidine groups is 1. The Hall–Kier alpha value is -8.09. The molecule has 3 aromatic rings. The van der Waals surface area contributed by atoms with E-state index in [4.69, 9.17) is 17.2 Å². The van der Waals surface area contributed by atoms with Crippen LogP contribution < -0.4 is 54.8 Å². The van der Waals surface area contributed by atoms with E-state index in [-0.39, 0.29) is 63.3 Å². The lowest BCUT2D eigenvalue weighted by atomic mass is 9.98. The summed E-state index contributed by atoms with van der Waals surface area (Å²) in [5, 5.41) is 36.0. The first kappa shape index (κ1) is 58.5. The number of nitrogens with two attached hydrogens (primary N) is 3. The number of primary amides is 1. The molecule has 18 N–H and O–H groups in total. The standard InChI is InChI=1S/C49H70N14O11/c1-26(2)39(61-42(67)33(12-8-18-55-49(52)53)57-41(66)32(50)23-38(51)65)45(70)58-34(20-29-14-16-31(64)17-15-29)43(68)62-40(27(3)4)46(71)59-35(22-30-24-54-25-56-30)47(72)63-19-9-13-37(63)44(69)60-36(48(73)74)21-28-10-6-5-7-11-28/h5-7,10-11,14-17,24-27,32-37,39-40,64H,8-9,12-13,18-23,50H2,1-4H3,(H2,51,65)(H,54,56)(H,57,66)(H,58,70)(H,59,71)(H,60,69)(H,61,67)(H,62,68)(H,73,74)(H4,52,53,55)/p+1/t32-,33-,34-,35-,36-,37-,39-,40-/m0/s1. The molecule has 1 aromatic heterocycles. The number of aromatic amines is 1. The third kappa shape index (κ3) is 18.2. The highest BCUT2D eigenvalue weighted by molar-refractivity contribution is 5.98. The van der Waals surface area contributed by atoms with Gasteiger partial charge in [-0.2, -0.15) is 0 Å². The molecular weight excluding hydrogens is 961 g/mol. The van der Waals surface area contributed by atoms with Gasteiger partial charge in [-0.25, -0.2) is 9.78 Å². The van der Waals surface area contributed by atoms with Crippen LogP contribution in [0.15, 0.2) is 72.1 Å². The number of benzene rings is 2. The topological polar surface area (TPSA) is 416 Å². The Morgan fingerprint density at radius 2 is 1.30 bits per heavy atom. The molecular formula is C49H71N14O11+. The number of likely N-dealkylation sites (tertiary alicyclic amines) is 1. The van der Waals surface area contributed by atoms with E-state index in [1.54, 1.807) is 58.0 Å². The minimum atomic E-state index is -1.40. The number of carboxylic acid groups (broad SMARTS) is 1. The van der Waals surface area contributed by atoms with E-state index in [0.29, 0.717) is 23.2 Å². The molecule has 402 valence electrons. The van der Waals surface area contributed by atoms with Crippen molar-refractivity contribution < 1.29 is 59.1 Å². The second-order valence-electron chi connectivity index (χ2n) is 18.9. The van der Waals surface area contributed by atoms with Gasteiger partial charge in [0.1, 0.15) is 48.0 Å². The van der Waals surface area contributed by atoms with Crippen molar-refractivity contribution in [2.75, 3.05) is 13.1 Å². The summed E-state index contributed by atoms with van der Waals surface area (Å²) in [6, 6.07) is 4.52. The fourth-order valence-corrected chi connectivity index (χ4v) is 8.21. The van der Waals surface area contributed by atoms with Crippen molar-refractivity contribution in [2.24, 2.45) is 34.0 Å². The summed E-state index contributed by atoms with van der Waals surface area (Å²) in [7, 11) is 0. The summed E-state index contributed by atoms with van der Waals surface area (Å²) in [5.74, 6) is -8.78. The zero-order valence-corrected chi connectivity index (χ0v) is 42.0. The number of amides is 8. The fourth-order valence-electron chi connectivity index (χ4n) is 8.21. The van der Waals surface area contributed by atoms with E-state index in [1.165, 1.54) is 41.7 Å². The molecule has 4 rings (SSSR count). The average molecular weight is 1030 g/mol. The van der Waals surface area contributed by atoms with Gasteiger partial charge in [0.05, 0.1) is 12.7 Å². The van der Waals surface area contributed by atoms with Crippen LogP contribution in [0.25, 0.3) is 0 Å². The third-order valence-electron chi connectivity index (χ3n) is 12.2. The number of H-pyrrole nitrogens is 1. The number of phenols is 1. The molecule has 0 bridgehead atoms. The number of quaternary nitrogens is 1. The summed E-state index contributed by atoms with van der Waals surface area (Å²) >= 11 is 0. The van der Waals surface area contributed by atoms with Gasteiger partial charge < -0.3 is 74.9 Å². The Kier molecular flexibility index (Phi) is 22.3. The Bertz CT molecular complexity index is 2430. The first-order valence-corrected chi connectivity index (χ1v) is 24.4. The molecule has 8 atom stereocenters. The average Bonchev–Trinajstić information content (AvgIpc) is 4.06. The van der Waals surface area contributed by atoms with Crippen LogP contribution in [0, 0.1) is 11.8 Å². The number of nitrogens with one attached hydrogen (secondary N) is 7. The van der Waals surface area contributed by atoms with E-state index in [2.05, 4.69) is 52.6 Å². The van der Waals surface area contributed by atoms with Gasteiger partial charge in [0.15, 0.2) is 12.0 Å². The van der Waals surface area contributed by atoms with Crippen molar-refractivity contribution >= 4 is 59.2 Å².